The monoisotopic (exact) mass is 528 g/mol. The summed E-state index contributed by atoms with van der Waals surface area (Å²) in [6, 6.07) is 19.0. The van der Waals surface area contributed by atoms with Gasteiger partial charge in [0.25, 0.3) is 5.56 Å². The van der Waals surface area contributed by atoms with Gasteiger partial charge in [0, 0.05) is 18.7 Å². The van der Waals surface area contributed by atoms with Gasteiger partial charge in [0.2, 0.25) is 0 Å². The molecular weight excluding hydrogens is 499 g/mol. The van der Waals surface area contributed by atoms with Gasteiger partial charge in [0.15, 0.2) is 18.6 Å². The average molecular weight is 528 g/mol. The van der Waals surface area contributed by atoms with E-state index in [-0.39, 0.29) is 26.1 Å². The average Bonchev–Trinajstić information content (AvgIpc) is 3.28. The number of rotatable bonds is 10. The van der Waals surface area contributed by atoms with Crippen molar-refractivity contribution in [3.05, 3.63) is 105 Å². The number of esters is 1. The predicted molar refractivity (Wildman–Crippen MR) is 136 cm³/mol. The zero-order valence-electron chi connectivity index (χ0n) is 20.6. The van der Waals surface area contributed by atoms with Gasteiger partial charge in [-0.05, 0) is 31.0 Å². The van der Waals surface area contributed by atoms with E-state index in [9.17, 15) is 18.9 Å². The molecule has 4 rings (SSSR count). The van der Waals surface area contributed by atoms with Crippen molar-refractivity contribution in [3.8, 4) is 0 Å². The van der Waals surface area contributed by atoms with Gasteiger partial charge in [0.05, 0.1) is 12.2 Å². The van der Waals surface area contributed by atoms with Gasteiger partial charge in [0.1, 0.15) is 20.2 Å². The lowest BCUT2D eigenvalue weighted by Crippen LogP contribution is -2.43. The Balaban J connectivity index is 1.56. The first-order chi connectivity index (χ1) is 17.7. The van der Waals surface area contributed by atoms with Gasteiger partial charge in [-0.15, -0.1) is 0 Å². The van der Waals surface area contributed by atoms with Crippen LogP contribution in [0.25, 0.3) is 0 Å². The molecule has 1 aliphatic rings. The molecule has 0 spiro atoms. The lowest BCUT2D eigenvalue weighted by molar-refractivity contribution is -0.146. The maximum absolute atomic E-state index is 13.3. The molecule has 11 heteroatoms. The molecular formula is C26H29N2O8P. The third-order valence-corrected chi connectivity index (χ3v) is 6.35. The minimum Gasteiger partial charge on any atom is -0.454 e. The molecule has 0 amide bonds. The molecule has 10 nitrogen and oxygen atoms in total. The summed E-state index contributed by atoms with van der Waals surface area (Å²) in [7, 11) is -2.51. The number of aromatic nitrogens is 2. The van der Waals surface area contributed by atoms with E-state index >= 15 is 0 Å². The number of hydrogen-bond donors (Lipinski definition) is 0. The van der Waals surface area contributed by atoms with E-state index in [0.717, 1.165) is 10.1 Å². The number of hydrogen-bond acceptors (Lipinski definition) is 8. The van der Waals surface area contributed by atoms with Crippen LogP contribution in [0.5, 0.6) is 0 Å². The molecule has 2 aromatic carbocycles. The van der Waals surface area contributed by atoms with Crippen molar-refractivity contribution >= 4 is 13.1 Å². The fourth-order valence-corrected chi connectivity index (χ4v) is 4.30. The van der Waals surface area contributed by atoms with Crippen molar-refractivity contribution in [2.75, 3.05) is 19.7 Å². The highest BCUT2D eigenvalue weighted by Gasteiger charge is 2.41. The molecule has 0 radical (unpaired) electrons. The number of benzene rings is 2. The predicted octanol–water partition coefficient (Wildman–Crippen LogP) is 3.25. The van der Waals surface area contributed by atoms with Crippen LogP contribution in [-0.4, -0.2) is 47.2 Å². The Labute approximate surface area is 213 Å². The van der Waals surface area contributed by atoms with Crippen LogP contribution in [0.4, 0.5) is 0 Å². The van der Waals surface area contributed by atoms with Crippen molar-refractivity contribution in [2.45, 2.75) is 38.4 Å². The Hall–Kier alpha value is -3.30. The largest absolute Gasteiger partial charge is 0.454 e. The summed E-state index contributed by atoms with van der Waals surface area (Å²) in [5.74, 6) is -0.593. The highest BCUT2D eigenvalue weighted by Crippen LogP contribution is 2.39. The van der Waals surface area contributed by atoms with Crippen LogP contribution in [0.3, 0.4) is 0 Å². The Morgan fingerprint density at radius 1 is 1.03 bits per heavy atom. The second-order valence-corrected chi connectivity index (χ2v) is 12.5. The molecule has 1 fully saturated rings. The van der Waals surface area contributed by atoms with Crippen LogP contribution in [0.15, 0.2) is 82.5 Å². The summed E-state index contributed by atoms with van der Waals surface area (Å²) < 4.78 is 37.1. The number of carbonyl (C=O) groups is 1. The van der Waals surface area contributed by atoms with Gasteiger partial charge in [-0.1, -0.05) is 48.5 Å². The Morgan fingerprint density at radius 2 is 1.70 bits per heavy atom. The Kier molecular flexibility index (Phi) is 8.56. The lowest BCUT2D eigenvalue weighted by atomic mass is 10.2. The van der Waals surface area contributed by atoms with Gasteiger partial charge in [-0.25, -0.2) is 14.2 Å². The standard InChI is InChI=1S/C26H29N2O8P/c1-37(2,32)18-34-23-15-21(35-25(30)20-11-7-4-8-12-20)24(36-23)27-14-13-22(29)28(26(27)31)17-33-16-19-9-5-3-6-10-19/h3-14,21,23-24H,15-18H2,1-2H3/t21-,23-,24+/m0/s1. The molecule has 1 aromatic heterocycles. The number of carbonyl (C=O) groups excluding carboxylic acids is 1. The van der Waals surface area contributed by atoms with Crippen molar-refractivity contribution in [1.82, 2.24) is 9.13 Å². The van der Waals surface area contributed by atoms with Crippen molar-refractivity contribution in [1.29, 1.82) is 0 Å². The first-order valence-electron chi connectivity index (χ1n) is 11.7. The normalized spacial score (nSPS) is 19.6. The highest BCUT2D eigenvalue weighted by atomic mass is 31.2. The maximum Gasteiger partial charge on any atom is 0.338 e. The smallest absolute Gasteiger partial charge is 0.338 e. The lowest BCUT2D eigenvalue weighted by Gasteiger charge is -2.21. The summed E-state index contributed by atoms with van der Waals surface area (Å²) in [6.07, 6.45) is -1.48. The third-order valence-electron chi connectivity index (χ3n) is 5.57. The SMILES string of the molecule is CP(C)(=O)CO[C@@H]1C[C@H](OC(=O)c2ccccc2)[C@H](n2ccc(=O)n(COCc3ccccc3)c2=O)O1. The molecule has 0 saturated carbocycles. The molecule has 3 aromatic rings. The second-order valence-electron chi connectivity index (χ2n) is 9.11. The summed E-state index contributed by atoms with van der Waals surface area (Å²) in [5.41, 5.74) is -0.00807. The summed E-state index contributed by atoms with van der Waals surface area (Å²) in [4.78, 5) is 38.5. The number of nitrogens with zero attached hydrogens (tertiary/aromatic N) is 2. The molecule has 0 unspecified atom stereocenters. The van der Waals surface area contributed by atoms with Crippen molar-refractivity contribution in [2.24, 2.45) is 0 Å². The summed E-state index contributed by atoms with van der Waals surface area (Å²) in [5, 5.41) is 0. The van der Waals surface area contributed by atoms with Gasteiger partial charge in [-0.2, -0.15) is 0 Å². The van der Waals surface area contributed by atoms with Crippen LogP contribution >= 0.6 is 7.14 Å². The van der Waals surface area contributed by atoms with E-state index in [1.807, 2.05) is 30.3 Å². The van der Waals surface area contributed by atoms with E-state index in [4.69, 9.17) is 18.9 Å². The zero-order chi connectivity index (χ0) is 26.4. The number of ether oxygens (including phenoxy) is 4. The molecule has 0 aliphatic carbocycles. The van der Waals surface area contributed by atoms with E-state index in [2.05, 4.69) is 0 Å². The summed E-state index contributed by atoms with van der Waals surface area (Å²) >= 11 is 0. The quantitative estimate of drug-likeness (QED) is 0.291. The topological polar surface area (TPSA) is 115 Å². The molecule has 1 aliphatic heterocycles. The first-order valence-corrected chi connectivity index (χ1v) is 14.5. The molecule has 0 N–H and O–H groups in total. The van der Waals surface area contributed by atoms with Crippen LogP contribution in [0.1, 0.15) is 28.6 Å². The van der Waals surface area contributed by atoms with E-state index < -0.39 is 43.0 Å². The first kappa shape index (κ1) is 26.8. The van der Waals surface area contributed by atoms with E-state index in [1.54, 1.807) is 43.7 Å². The molecule has 2 heterocycles. The minimum atomic E-state index is -2.51. The van der Waals surface area contributed by atoms with Gasteiger partial charge >= 0.3 is 11.7 Å². The van der Waals surface area contributed by atoms with Crippen molar-refractivity contribution in [3.63, 3.8) is 0 Å². The van der Waals surface area contributed by atoms with Gasteiger partial charge < -0.3 is 23.5 Å². The van der Waals surface area contributed by atoms with Crippen LogP contribution in [0.2, 0.25) is 0 Å². The van der Waals surface area contributed by atoms with Crippen LogP contribution in [0, 0.1) is 0 Å². The Bertz CT molecular complexity index is 1370. The third kappa shape index (κ3) is 7.14. The van der Waals surface area contributed by atoms with Gasteiger partial charge in [-0.3, -0.25) is 9.36 Å². The minimum absolute atomic E-state index is 0.0362. The van der Waals surface area contributed by atoms with E-state index in [1.165, 1.54) is 16.8 Å². The Morgan fingerprint density at radius 3 is 2.38 bits per heavy atom. The fourth-order valence-electron chi connectivity index (χ4n) is 3.78. The van der Waals surface area contributed by atoms with Crippen LogP contribution in [-0.2, 0) is 36.9 Å². The fraction of sp³-hybridized carbons (Fsp3) is 0.346. The zero-order valence-corrected chi connectivity index (χ0v) is 21.5. The maximum atomic E-state index is 13.3. The molecule has 3 atom stereocenters. The molecule has 1 saturated heterocycles. The molecule has 37 heavy (non-hydrogen) atoms. The molecule has 196 valence electrons. The highest BCUT2D eigenvalue weighted by molar-refractivity contribution is 7.62. The molecule has 0 bridgehead atoms. The van der Waals surface area contributed by atoms with Crippen molar-refractivity contribution < 1.29 is 28.3 Å². The second kappa shape index (κ2) is 11.8. The summed E-state index contributed by atoms with van der Waals surface area (Å²) in [6.45, 7) is 3.11. The van der Waals surface area contributed by atoms with E-state index in [0.29, 0.717) is 5.56 Å². The van der Waals surface area contributed by atoms with Crippen LogP contribution < -0.4 is 11.2 Å².